The third-order valence-electron chi connectivity index (χ3n) is 6.42. The maximum absolute atomic E-state index is 12.9. The lowest BCUT2D eigenvalue weighted by Crippen LogP contribution is -2.38. The molecule has 9 heteroatoms. The topological polar surface area (TPSA) is 82.6 Å². The molecule has 180 valence electrons. The molecule has 7 nitrogen and oxygen atoms in total. The number of aromatic nitrogens is 1. The van der Waals surface area contributed by atoms with Gasteiger partial charge in [-0.2, -0.15) is 4.31 Å². The van der Waals surface area contributed by atoms with E-state index in [2.05, 4.69) is 29.0 Å². The highest BCUT2D eigenvalue weighted by atomic mass is 32.2. The molecule has 2 unspecified atom stereocenters. The molecule has 0 aliphatic carbocycles. The third kappa shape index (κ3) is 6.20. The summed E-state index contributed by atoms with van der Waals surface area (Å²) in [6.07, 6.45) is 5.20. The van der Waals surface area contributed by atoms with Crippen LogP contribution in [0.15, 0.2) is 34.5 Å². The maximum atomic E-state index is 12.9. The summed E-state index contributed by atoms with van der Waals surface area (Å²) in [7, 11) is -3.52. The molecule has 2 atom stereocenters. The number of anilines is 1. The lowest BCUT2D eigenvalue weighted by molar-refractivity contribution is 0.102. The van der Waals surface area contributed by atoms with Crippen LogP contribution in [0.5, 0.6) is 0 Å². The van der Waals surface area contributed by atoms with Gasteiger partial charge < -0.3 is 0 Å². The van der Waals surface area contributed by atoms with Crippen molar-refractivity contribution in [3.63, 3.8) is 0 Å². The molecule has 1 N–H and O–H groups in total. The van der Waals surface area contributed by atoms with Crippen LogP contribution in [0.1, 0.15) is 62.0 Å². The molecule has 1 amide bonds. The van der Waals surface area contributed by atoms with Gasteiger partial charge in [0.1, 0.15) is 0 Å². The third-order valence-corrected chi connectivity index (χ3v) is 9.14. The number of piperidine rings is 1. The van der Waals surface area contributed by atoms with Crippen molar-refractivity contribution in [2.24, 2.45) is 11.8 Å². The largest absolute Gasteiger partial charge is 0.298 e. The number of rotatable bonds is 6. The summed E-state index contributed by atoms with van der Waals surface area (Å²) in [5, 5.41) is 5.41. The van der Waals surface area contributed by atoms with Crippen LogP contribution in [0.3, 0.4) is 0 Å². The first-order valence-corrected chi connectivity index (χ1v) is 14.2. The fourth-order valence-electron chi connectivity index (χ4n) is 4.97. The zero-order valence-electron chi connectivity index (χ0n) is 19.5. The van der Waals surface area contributed by atoms with E-state index in [9.17, 15) is 13.2 Å². The van der Waals surface area contributed by atoms with Crippen molar-refractivity contribution in [3.8, 4) is 0 Å². The first-order chi connectivity index (χ1) is 15.8. The van der Waals surface area contributed by atoms with Crippen molar-refractivity contribution in [1.29, 1.82) is 0 Å². The van der Waals surface area contributed by atoms with Crippen LogP contribution in [-0.2, 0) is 16.6 Å². The molecule has 1 aromatic heterocycles. The smallest absolute Gasteiger partial charge is 0.257 e. The van der Waals surface area contributed by atoms with Gasteiger partial charge in [0.2, 0.25) is 10.0 Å². The maximum Gasteiger partial charge on any atom is 0.257 e. The Labute approximate surface area is 201 Å². The van der Waals surface area contributed by atoms with Gasteiger partial charge in [0.05, 0.1) is 10.6 Å². The number of carbonyl (C=O) groups is 1. The van der Waals surface area contributed by atoms with Crippen molar-refractivity contribution in [1.82, 2.24) is 14.2 Å². The van der Waals surface area contributed by atoms with Crippen LogP contribution < -0.4 is 5.32 Å². The fourth-order valence-corrected chi connectivity index (χ4v) is 7.18. The Bertz CT molecular complexity index is 1030. The van der Waals surface area contributed by atoms with Crippen LogP contribution in [0.25, 0.3) is 0 Å². The van der Waals surface area contributed by atoms with Crippen LogP contribution >= 0.6 is 11.3 Å². The standard InChI is InChI=1S/C24H34N4O3S2/c1-18-13-19(2)15-27(14-18)16-21-17-32-24(25-21)26-23(29)20-7-9-22(10-8-20)33(30,31)28-11-5-3-4-6-12-28/h7-10,17-19H,3-6,11-16H2,1-2H3,(H,25,26,29). The number of nitrogens with zero attached hydrogens (tertiary/aromatic N) is 3. The second kappa shape index (κ2) is 10.6. The summed E-state index contributed by atoms with van der Waals surface area (Å²) in [4.78, 5) is 20.0. The minimum Gasteiger partial charge on any atom is -0.298 e. The van der Waals surface area contributed by atoms with E-state index in [0.29, 0.717) is 35.6 Å². The Balaban J connectivity index is 1.36. The molecular formula is C24H34N4O3S2. The molecule has 2 saturated heterocycles. The molecule has 0 saturated carbocycles. The molecule has 2 aliphatic heterocycles. The highest BCUT2D eigenvalue weighted by molar-refractivity contribution is 7.89. The van der Waals surface area contributed by atoms with E-state index >= 15 is 0 Å². The monoisotopic (exact) mass is 490 g/mol. The fraction of sp³-hybridized carbons (Fsp3) is 0.583. The van der Waals surface area contributed by atoms with E-state index in [4.69, 9.17) is 0 Å². The zero-order valence-corrected chi connectivity index (χ0v) is 21.1. The normalized spacial score (nSPS) is 23.2. The van der Waals surface area contributed by atoms with Crippen LogP contribution in [0.4, 0.5) is 5.13 Å². The van der Waals surface area contributed by atoms with E-state index < -0.39 is 10.0 Å². The van der Waals surface area contributed by atoms with Gasteiger partial charge in [0.15, 0.2) is 5.13 Å². The van der Waals surface area contributed by atoms with Gasteiger partial charge in [0, 0.05) is 43.7 Å². The molecular weight excluding hydrogens is 456 g/mol. The number of nitrogens with one attached hydrogen (secondary N) is 1. The average molecular weight is 491 g/mol. The van der Waals surface area contributed by atoms with Gasteiger partial charge in [-0.25, -0.2) is 13.4 Å². The van der Waals surface area contributed by atoms with Crippen LogP contribution in [0.2, 0.25) is 0 Å². The molecule has 1 aromatic carbocycles. The van der Waals surface area contributed by atoms with Crippen LogP contribution in [-0.4, -0.2) is 54.7 Å². The number of amides is 1. The Hall–Kier alpha value is -1.81. The highest BCUT2D eigenvalue weighted by Crippen LogP contribution is 2.25. The number of hydrogen-bond donors (Lipinski definition) is 1. The van der Waals surface area contributed by atoms with E-state index in [1.807, 2.05) is 5.38 Å². The number of thiazole rings is 1. The summed E-state index contributed by atoms with van der Waals surface area (Å²) in [5.74, 6) is 1.10. The summed E-state index contributed by atoms with van der Waals surface area (Å²) < 4.78 is 27.4. The van der Waals surface area contributed by atoms with E-state index in [1.165, 1.54) is 29.9 Å². The quantitative estimate of drug-likeness (QED) is 0.647. The van der Waals surface area contributed by atoms with Crippen molar-refractivity contribution in [3.05, 3.63) is 40.9 Å². The van der Waals surface area contributed by atoms with Crippen molar-refractivity contribution in [2.45, 2.75) is 57.4 Å². The van der Waals surface area contributed by atoms with Gasteiger partial charge in [-0.1, -0.05) is 26.7 Å². The Morgan fingerprint density at radius 1 is 1.06 bits per heavy atom. The molecule has 4 rings (SSSR count). The van der Waals surface area contributed by atoms with E-state index in [-0.39, 0.29) is 10.8 Å². The second-order valence-electron chi connectivity index (χ2n) is 9.58. The molecule has 0 spiro atoms. The second-order valence-corrected chi connectivity index (χ2v) is 12.4. The summed E-state index contributed by atoms with van der Waals surface area (Å²) in [6.45, 7) is 8.66. The number of sulfonamides is 1. The van der Waals surface area contributed by atoms with E-state index in [0.717, 1.165) is 51.0 Å². The minimum atomic E-state index is -3.52. The summed E-state index contributed by atoms with van der Waals surface area (Å²) in [6, 6.07) is 6.21. The first kappa shape index (κ1) is 24.3. The van der Waals surface area contributed by atoms with Gasteiger partial charge in [-0.15, -0.1) is 11.3 Å². The Morgan fingerprint density at radius 2 is 1.70 bits per heavy atom. The van der Waals surface area contributed by atoms with Gasteiger partial charge in [-0.3, -0.25) is 15.0 Å². The lowest BCUT2D eigenvalue weighted by Gasteiger charge is -2.34. The molecule has 0 bridgehead atoms. The molecule has 0 radical (unpaired) electrons. The molecule has 2 aliphatic rings. The van der Waals surface area contributed by atoms with Crippen LogP contribution in [0, 0.1) is 11.8 Å². The minimum absolute atomic E-state index is 0.238. The molecule has 2 aromatic rings. The molecule has 3 heterocycles. The number of carbonyl (C=O) groups excluding carboxylic acids is 1. The van der Waals surface area contributed by atoms with Crippen molar-refractivity contribution in [2.75, 3.05) is 31.5 Å². The first-order valence-electron chi connectivity index (χ1n) is 11.9. The molecule has 33 heavy (non-hydrogen) atoms. The van der Waals surface area contributed by atoms with Gasteiger partial charge in [0.25, 0.3) is 5.91 Å². The highest BCUT2D eigenvalue weighted by Gasteiger charge is 2.25. The van der Waals surface area contributed by atoms with Gasteiger partial charge in [-0.05, 0) is 55.4 Å². The number of benzene rings is 1. The van der Waals surface area contributed by atoms with Crippen molar-refractivity contribution < 1.29 is 13.2 Å². The zero-order chi connectivity index (χ0) is 23.4. The molecule has 2 fully saturated rings. The van der Waals surface area contributed by atoms with E-state index in [1.54, 1.807) is 16.4 Å². The summed E-state index contributed by atoms with van der Waals surface area (Å²) in [5.41, 5.74) is 1.38. The van der Waals surface area contributed by atoms with Crippen molar-refractivity contribution >= 4 is 32.4 Å². The SMILES string of the molecule is CC1CC(C)CN(Cc2csc(NC(=O)c3ccc(S(=O)(=O)N4CCCCCC4)cc3)n2)C1. The number of likely N-dealkylation sites (tertiary alicyclic amines) is 1. The summed E-state index contributed by atoms with van der Waals surface area (Å²) >= 11 is 1.42. The Morgan fingerprint density at radius 3 is 2.33 bits per heavy atom. The predicted octanol–water partition coefficient (Wildman–Crippen LogP) is 4.44. The lowest BCUT2D eigenvalue weighted by atomic mass is 9.92. The van der Waals surface area contributed by atoms with Gasteiger partial charge >= 0.3 is 0 Å². The number of hydrogen-bond acceptors (Lipinski definition) is 6. The average Bonchev–Trinajstić information content (AvgIpc) is 3.02. The Kier molecular flexibility index (Phi) is 7.83. The predicted molar refractivity (Wildman–Crippen MR) is 132 cm³/mol.